The van der Waals surface area contributed by atoms with Crippen LogP contribution in [0, 0.1) is 0 Å². The molecule has 0 spiro atoms. The van der Waals surface area contributed by atoms with E-state index in [-0.39, 0.29) is 17.2 Å². The van der Waals surface area contributed by atoms with Crippen LogP contribution >= 0.6 is 11.6 Å². The Bertz CT molecular complexity index is 993. The van der Waals surface area contributed by atoms with Crippen molar-refractivity contribution in [3.63, 3.8) is 0 Å². The van der Waals surface area contributed by atoms with Crippen LogP contribution in [0.15, 0.2) is 53.7 Å². The minimum atomic E-state index is -3.77. The van der Waals surface area contributed by atoms with Crippen LogP contribution in [-0.4, -0.2) is 25.5 Å². The minimum absolute atomic E-state index is 0.00178. The first-order chi connectivity index (χ1) is 11.5. The Kier molecular flexibility index (Phi) is 4.66. The van der Waals surface area contributed by atoms with E-state index >= 15 is 0 Å². The maximum Gasteiger partial charge on any atom is 0.244 e. The van der Waals surface area contributed by atoms with Gasteiger partial charge in [-0.1, -0.05) is 17.7 Å². The number of nitrogens with zero attached hydrogens (tertiary/aromatic N) is 2. The van der Waals surface area contributed by atoms with E-state index in [4.69, 9.17) is 16.3 Å². The van der Waals surface area contributed by atoms with Gasteiger partial charge in [0.15, 0.2) is 0 Å². The fourth-order valence-corrected chi connectivity index (χ4v) is 3.68. The number of hydrogen-bond donors (Lipinski definition) is 1. The molecule has 0 fully saturated rings. The minimum Gasteiger partial charge on any atom is -0.495 e. The van der Waals surface area contributed by atoms with Gasteiger partial charge in [-0.25, -0.2) is 13.1 Å². The van der Waals surface area contributed by atoms with Crippen LogP contribution in [0.4, 0.5) is 0 Å². The number of sulfonamides is 1. The number of fused-ring (bicyclic) bond motifs is 1. The zero-order valence-electron chi connectivity index (χ0n) is 12.7. The van der Waals surface area contributed by atoms with Gasteiger partial charge in [0, 0.05) is 24.0 Å². The van der Waals surface area contributed by atoms with E-state index in [0.29, 0.717) is 10.5 Å². The topological polar surface area (TPSA) is 81.2 Å². The Morgan fingerprint density at radius 1 is 1.08 bits per heavy atom. The number of nitrogens with one attached hydrogen (secondary N) is 1. The molecule has 0 aliphatic heterocycles. The average molecular weight is 364 g/mol. The maximum absolute atomic E-state index is 12.5. The molecule has 2 aromatic carbocycles. The lowest BCUT2D eigenvalue weighted by Crippen LogP contribution is -2.23. The van der Waals surface area contributed by atoms with Crippen molar-refractivity contribution in [3.8, 4) is 5.75 Å². The third-order valence-electron chi connectivity index (χ3n) is 3.42. The van der Waals surface area contributed by atoms with E-state index < -0.39 is 10.0 Å². The molecule has 1 aromatic heterocycles. The molecule has 124 valence electrons. The predicted octanol–water partition coefficient (Wildman–Crippen LogP) is 2.77. The highest BCUT2D eigenvalue weighted by atomic mass is 35.5. The molecule has 0 aliphatic rings. The molecule has 8 heteroatoms. The summed E-state index contributed by atoms with van der Waals surface area (Å²) in [6.07, 6.45) is 3.20. The van der Waals surface area contributed by atoms with Gasteiger partial charge in [-0.15, -0.1) is 0 Å². The molecule has 3 rings (SSSR count). The zero-order valence-corrected chi connectivity index (χ0v) is 14.3. The molecule has 0 radical (unpaired) electrons. The number of aromatic nitrogens is 2. The second kappa shape index (κ2) is 6.72. The lowest BCUT2D eigenvalue weighted by Gasteiger charge is -2.11. The van der Waals surface area contributed by atoms with E-state index in [1.165, 1.54) is 19.2 Å². The number of halogens is 1. The maximum atomic E-state index is 12.5. The molecule has 0 unspecified atom stereocenters. The second-order valence-electron chi connectivity index (χ2n) is 5.00. The summed E-state index contributed by atoms with van der Waals surface area (Å²) in [4.78, 5) is 8.38. The molecular weight excluding hydrogens is 350 g/mol. The van der Waals surface area contributed by atoms with Crippen LogP contribution < -0.4 is 9.46 Å². The van der Waals surface area contributed by atoms with E-state index in [1.807, 2.05) is 0 Å². The molecule has 0 saturated heterocycles. The van der Waals surface area contributed by atoms with Gasteiger partial charge in [-0.3, -0.25) is 9.97 Å². The molecule has 0 saturated carbocycles. The van der Waals surface area contributed by atoms with Crippen molar-refractivity contribution in [2.24, 2.45) is 0 Å². The van der Waals surface area contributed by atoms with Gasteiger partial charge in [0.25, 0.3) is 0 Å². The van der Waals surface area contributed by atoms with Crippen molar-refractivity contribution in [3.05, 3.63) is 59.4 Å². The monoisotopic (exact) mass is 363 g/mol. The largest absolute Gasteiger partial charge is 0.495 e. The number of hydrogen-bond acceptors (Lipinski definition) is 5. The van der Waals surface area contributed by atoms with Crippen molar-refractivity contribution in [1.82, 2.24) is 14.7 Å². The van der Waals surface area contributed by atoms with E-state index in [1.54, 1.807) is 36.7 Å². The Balaban J connectivity index is 1.85. The van der Waals surface area contributed by atoms with Gasteiger partial charge in [0.2, 0.25) is 10.0 Å². The normalized spacial score (nSPS) is 11.6. The summed E-state index contributed by atoms with van der Waals surface area (Å²) in [5.74, 6) is 0.233. The van der Waals surface area contributed by atoms with Crippen LogP contribution in [0.5, 0.6) is 5.75 Å². The van der Waals surface area contributed by atoms with E-state index in [2.05, 4.69) is 14.7 Å². The first-order valence-electron chi connectivity index (χ1n) is 7.02. The Morgan fingerprint density at radius 2 is 1.83 bits per heavy atom. The summed E-state index contributed by atoms with van der Waals surface area (Å²) in [6.45, 7) is 0.116. The van der Waals surface area contributed by atoms with E-state index in [0.717, 1.165) is 11.1 Å². The third kappa shape index (κ3) is 3.48. The molecule has 0 atom stereocenters. The standard InChI is InChI=1S/C16H14ClN3O3S/c1-23-15-5-3-12(17)9-16(15)24(21,22)20-10-11-2-4-13-14(8-11)19-7-6-18-13/h2-9,20H,10H2,1H3. The van der Waals surface area contributed by atoms with Crippen molar-refractivity contribution in [1.29, 1.82) is 0 Å². The van der Waals surface area contributed by atoms with Crippen LogP contribution in [0.3, 0.4) is 0 Å². The van der Waals surface area contributed by atoms with Crippen LogP contribution in [0.1, 0.15) is 5.56 Å². The molecule has 6 nitrogen and oxygen atoms in total. The molecule has 1 heterocycles. The molecule has 24 heavy (non-hydrogen) atoms. The van der Waals surface area contributed by atoms with Crippen molar-refractivity contribution in [2.45, 2.75) is 11.4 Å². The smallest absolute Gasteiger partial charge is 0.244 e. The Morgan fingerprint density at radius 3 is 2.58 bits per heavy atom. The van der Waals surface area contributed by atoms with Crippen molar-refractivity contribution >= 4 is 32.7 Å². The first kappa shape index (κ1) is 16.6. The SMILES string of the molecule is COc1ccc(Cl)cc1S(=O)(=O)NCc1ccc2nccnc2c1. The molecule has 0 amide bonds. The number of rotatable bonds is 5. The molecule has 3 aromatic rings. The predicted molar refractivity (Wildman–Crippen MR) is 91.6 cm³/mol. The van der Waals surface area contributed by atoms with Gasteiger partial charge in [0.1, 0.15) is 10.6 Å². The Hall–Kier alpha value is -2.22. The summed E-state index contributed by atoms with van der Waals surface area (Å²) in [6, 6.07) is 9.83. The van der Waals surface area contributed by atoms with Crippen LogP contribution in [0.2, 0.25) is 5.02 Å². The quantitative estimate of drug-likeness (QED) is 0.753. The highest BCUT2D eigenvalue weighted by Gasteiger charge is 2.19. The number of benzene rings is 2. The van der Waals surface area contributed by atoms with Gasteiger partial charge in [0.05, 0.1) is 18.1 Å². The first-order valence-corrected chi connectivity index (χ1v) is 8.88. The molecular formula is C16H14ClN3O3S. The zero-order chi connectivity index (χ0) is 17.2. The fourth-order valence-electron chi connectivity index (χ4n) is 2.24. The highest BCUT2D eigenvalue weighted by molar-refractivity contribution is 7.89. The van der Waals surface area contributed by atoms with Crippen molar-refractivity contribution < 1.29 is 13.2 Å². The summed E-state index contributed by atoms with van der Waals surface area (Å²) in [5, 5.41) is 0.317. The third-order valence-corrected chi connectivity index (χ3v) is 5.07. The Labute approximate surface area is 144 Å². The van der Waals surface area contributed by atoms with Gasteiger partial charge in [-0.2, -0.15) is 0 Å². The summed E-state index contributed by atoms with van der Waals surface area (Å²) < 4.78 is 32.7. The van der Waals surface area contributed by atoms with Gasteiger partial charge < -0.3 is 4.74 Å². The lowest BCUT2D eigenvalue weighted by atomic mass is 10.2. The van der Waals surface area contributed by atoms with Crippen molar-refractivity contribution in [2.75, 3.05) is 7.11 Å². The summed E-state index contributed by atoms with van der Waals surface area (Å²) in [5.41, 5.74) is 2.22. The van der Waals surface area contributed by atoms with Crippen LogP contribution in [-0.2, 0) is 16.6 Å². The fraction of sp³-hybridized carbons (Fsp3) is 0.125. The average Bonchev–Trinajstić information content (AvgIpc) is 2.60. The van der Waals surface area contributed by atoms with Crippen LogP contribution in [0.25, 0.3) is 11.0 Å². The number of methoxy groups -OCH3 is 1. The highest BCUT2D eigenvalue weighted by Crippen LogP contribution is 2.27. The molecule has 0 aliphatic carbocycles. The summed E-state index contributed by atoms with van der Waals surface area (Å²) in [7, 11) is -2.37. The summed E-state index contributed by atoms with van der Waals surface area (Å²) >= 11 is 5.90. The molecule has 1 N–H and O–H groups in total. The lowest BCUT2D eigenvalue weighted by molar-refractivity contribution is 0.402. The molecule has 0 bridgehead atoms. The second-order valence-corrected chi connectivity index (χ2v) is 7.17. The van der Waals surface area contributed by atoms with E-state index in [9.17, 15) is 8.42 Å². The number of ether oxygens (including phenoxy) is 1. The van der Waals surface area contributed by atoms with Gasteiger partial charge >= 0.3 is 0 Å². The van der Waals surface area contributed by atoms with Gasteiger partial charge in [-0.05, 0) is 35.9 Å².